The molecular weight excluding hydrogens is 212 g/mol. The molecule has 1 aromatic heterocycles. The molecule has 0 radical (unpaired) electrons. The van der Waals surface area contributed by atoms with Crippen molar-refractivity contribution in [3.8, 4) is 0 Å². The highest BCUT2D eigenvalue weighted by molar-refractivity contribution is 5.16. The topological polar surface area (TPSA) is 38.0 Å². The molecule has 3 rings (SSSR count). The molecule has 17 heavy (non-hydrogen) atoms. The Bertz CT molecular complexity index is 380. The summed E-state index contributed by atoms with van der Waals surface area (Å²) < 4.78 is 2.21. The quantitative estimate of drug-likeness (QED) is 0.871. The molecule has 94 valence electrons. The number of hydrogen-bond donors (Lipinski definition) is 1. The van der Waals surface area contributed by atoms with Gasteiger partial charge in [0.2, 0.25) is 0 Å². The number of aliphatic hydroxyl groups excluding tert-OH is 1. The van der Waals surface area contributed by atoms with Crippen LogP contribution in [0.3, 0.4) is 0 Å². The number of aliphatic hydroxyl groups is 1. The van der Waals surface area contributed by atoms with Gasteiger partial charge in [-0.2, -0.15) is 0 Å². The van der Waals surface area contributed by atoms with E-state index in [1.54, 1.807) is 0 Å². The molecule has 0 bridgehead atoms. The second kappa shape index (κ2) is 4.81. The minimum atomic E-state index is -0.169. The Labute approximate surface area is 103 Å². The lowest BCUT2D eigenvalue weighted by molar-refractivity contribution is 0.0921. The van der Waals surface area contributed by atoms with Crippen LogP contribution in [0.25, 0.3) is 0 Å². The van der Waals surface area contributed by atoms with Crippen molar-refractivity contribution in [3.05, 3.63) is 17.7 Å². The van der Waals surface area contributed by atoms with Crippen LogP contribution in [0.4, 0.5) is 0 Å². The number of aromatic nitrogens is 2. The van der Waals surface area contributed by atoms with Gasteiger partial charge in [-0.15, -0.1) is 0 Å². The first-order valence-corrected chi connectivity index (χ1v) is 7.05. The summed E-state index contributed by atoms with van der Waals surface area (Å²) in [7, 11) is 0. The molecular formula is C14H22N2O. The summed E-state index contributed by atoms with van der Waals surface area (Å²) in [5.74, 6) is 0.525. The minimum Gasteiger partial charge on any atom is -0.391 e. The van der Waals surface area contributed by atoms with Crippen molar-refractivity contribution in [3.63, 3.8) is 0 Å². The molecule has 2 aliphatic carbocycles. The molecule has 0 aliphatic heterocycles. The van der Waals surface area contributed by atoms with Gasteiger partial charge in [-0.25, -0.2) is 4.98 Å². The smallest absolute Gasteiger partial charge is 0.0952 e. The maximum atomic E-state index is 10.3. The van der Waals surface area contributed by atoms with E-state index in [-0.39, 0.29) is 6.10 Å². The Balaban J connectivity index is 1.69. The van der Waals surface area contributed by atoms with E-state index in [1.807, 2.05) is 6.33 Å². The predicted octanol–water partition coefficient (Wildman–Crippen LogP) is 2.31. The molecule has 1 N–H and O–H groups in total. The van der Waals surface area contributed by atoms with Crippen LogP contribution in [0, 0.1) is 5.92 Å². The van der Waals surface area contributed by atoms with Gasteiger partial charge in [0.15, 0.2) is 0 Å². The molecule has 0 saturated heterocycles. The van der Waals surface area contributed by atoms with Gasteiger partial charge in [0.25, 0.3) is 0 Å². The fourth-order valence-electron chi connectivity index (χ4n) is 3.38. The van der Waals surface area contributed by atoms with Gasteiger partial charge in [0.1, 0.15) is 0 Å². The van der Waals surface area contributed by atoms with Gasteiger partial charge in [0.05, 0.1) is 24.7 Å². The van der Waals surface area contributed by atoms with Gasteiger partial charge in [0, 0.05) is 5.69 Å². The third-order valence-corrected chi connectivity index (χ3v) is 4.44. The monoisotopic (exact) mass is 234 g/mol. The second-order valence-electron chi connectivity index (χ2n) is 5.61. The van der Waals surface area contributed by atoms with Crippen molar-refractivity contribution in [1.82, 2.24) is 9.55 Å². The van der Waals surface area contributed by atoms with Crippen LogP contribution in [0.2, 0.25) is 0 Å². The van der Waals surface area contributed by atoms with Crippen LogP contribution in [0.15, 0.2) is 6.33 Å². The van der Waals surface area contributed by atoms with Gasteiger partial charge in [-0.3, -0.25) is 0 Å². The SMILES string of the molecule is OC(Cn1cnc2c1CCCC2)C1CCCC1. The van der Waals surface area contributed by atoms with Crippen LogP contribution in [-0.2, 0) is 19.4 Å². The first-order chi connectivity index (χ1) is 8.34. The van der Waals surface area contributed by atoms with Crippen molar-refractivity contribution in [2.24, 2.45) is 5.92 Å². The van der Waals surface area contributed by atoms with Crippen molar-refractivity contribution in [2.45, 2.75) is 64.0 Å². The van der Waals surface area contributed by atoms with E-state index in [0.29, 0.717) is 5.92 Å². The molecule has 0 spiro atoms. The van der Waals surface area contributed by atoms with Crippen LogP contribution in [0.5, 0.6) is 0 Å². The summed E-state index contributed by atoms with van der Waals surface area (Å²) >= 11 is 0. The van der Waals surface area contributed by atoms with E-state index < -0.39 is 0 Å². The third-order valence-electron chi connectivity index (χ3n) is 4.44. The standard InChI is InChI=1S/C14H22N2O/c17-14(11-5-1-2-6-11)9-16-10-15-12-7-3-4-8-13(12)16/h10-11,14,17H,1-9H2. The lowest BCUT2D eigenvalue weighted by atomic mass is 9.99. The van der Waals surface area contributed by atoms with Crippen molar-refractivity contribution < 1.29 is 5.11 Å². The van der Waals surface area contributed by atoms with Gasteiger partial charge in [-0.05, 0) is 44.4 Å². The zero-order valence-electron chi connectivity index (χ0n) is 10.4. The summed E-state index contributed by atoms with van der Waals surface area (Å²) in [6.45, 7) is 0.757. The fraction of sp³-hybridized carbons (Fsp3) is 0.786. The highest BCUT2D eigenvalue weighted by Crippen LogP contribution is 2.29. The first-order valence-electron chi connectivity index (χ1n) is 7.05. The molecule has 1 fully saturated rings. The zero-order valence-corrected chi connectivity index (χ0v) is 10.4. The van der Waals surface area contributed by atoms with Crippen molar-refractivity contribution >= 4 is 0 Å². The average Bonchev–Trinajstić information content (AvgIpc) is 2.98. The molecule has 1 aromatic rings. The Morgan fingerprint density at radius 1 is 1.24 bits per heavy atom. The third kappa shape index (κ3) is 2.25. The van der Waals surface area contributed by atoms with Gasteiger partial charge >= 0.3 is 0 Å². The molecule has 0 aromatic carbocycles. The Morgan fingerprint density at radius 2 is 2.00 bits per heavy atom. The van der Waals surface area contributed by atoms with Crippen LogP contribution < -0.4 is 0 Å². The number of imidazole rings is 1. The summed E-state index contributed by atoms with van der Waals surface area (Å²) in [6.07, 6.45) is 11.6. The Kier molecular flexibility index (Phi) is 3.19. The molecule has 1 unspecified atom stereocenters. The molecule has 1 saturated carbocycles. The maximum absolute atomic E-state index is 10.3. The normalized spacial score (nSPS) is 22.6. The second-order valence-corrected chi connectivity index (χ2v) is 5.61. The molecule has 1 heterocycles. The number of hydrogen-bond acceptors (Lipinski definition) is 2. The summed E-state index contributed by atoms with van der Waals surface area (Å²) in [5, 5.41) is 10.3. The van der Waals surface area contributed by atoms with Crippen LogP contribution in [-0.4, -0.2) is 20.8 Å². The van der Waals surface area contributed by atoms with Gasteiger partial charge < -0.3 is 9.67 Å². The highest BCUT2D eigenvalue weighted by atomic mass is 16.3. The number of rotatable bonds is 3. The summed E-state index contributed by atoms with van der Waals surface area (Å²) in [4.78, 5) is 4.49. The Hall–Kier alpha value is -0.830. The molecule has 3 heteroatoms. The first kappa shape index (κ1) is 11.3. The molecule has 1 atom stereocenters. The average molecular weight is 234 g/mol. The molecule has 0 amide bonds. The highest BCUT2D eigenvalue weighted by Gasteiger charge is 2.25. The molecule has 2 aliphatic rings. The minimum absolute atomic E-state index is 0.169. The van der Waals surface area contributed by atoms with Crippen LogP contribution in [0.1, 0.15) is 49.9 Å². The van der Waals surface area contributed by atoms with E-state index >= 15 is 0 Å². The lowest BCUT2D eigenvalue weighted by Gasteiger charge is -2.20. The largest absolute Gasteiger partial charge is 0.391 e. The van der Waals surface area contributed by atoms with E-state index in [1.165, 1.54) is 49.9 Å². The van der Waals surface area contributed by atoms with E-state index in [0.717, 1.165) is 19.4 Å². The van der Waals surface area contributed by atoms with Crippen LogP contribution >= 0.6 is 0 Å². The number of fused-ring (bicyclic) bond motifs is 1. The van der Waals surface area contributed by atoms with Crippen molar-refractivity contribution in [2.75, 3.05) is 0 Å². The predicted molar refractivity (Wildman–Crippen MR) is 66.8 cm³/mol. The van der Waals surface area contributed by atoms with E-state index in [4.69, 9.17) is 0 Å². The zero-order chi connectivity index (χ0) is 11.7. The summed E-state index contributed by atoms with van der Waals surface area (Å²) in [5.41, 5.74) is 2.66. The lowest BCUT2D eigenvalue weighted by Crippen LogP contribution is -2.25. The van der Waals surface area contributed by atoms with E-state index in [9.17, 15) is 5.11 Å². The van der Waals surface area contributed by atoms with E-state index in [2.05, 4.69) is 9.55 Å². The van der Waals surface area contributed by atoms with Gasteiger partial charge in [-0.1, -0.05) is 12.8 Å². The number of aryl methyl sites for hydroxylation is 1. The van der Waals surface area contributed by atoms with Crippen molar-refractivity contribution in [1.29, 1.82) is 0 Å². The molecule has 3 nitrogen and oxygen atoms in total. The summed E-state index contributed by atoms with van der Waals surface area (Å²) in [6, 6.07) is 0. The maximum Gasteiger partial charge on any atom is 0.0952 e. The fourth-order valence-corrected chi connectivity index (χ4v) is 3.38. The number of nitrogens with zero attached hydrogens (tertiary/aromatic N) is 2. The Morgan fingerprint density at radius 3 is 2.82 bits per heavy atom.